The highest BCUT2D eigenvalue weighted by atomic mass is 16.1. The summed E-state index contributed by atoms with van der Waals surface area (Å²) in [5, 5.41) is 0. The Morgan fingerprint density at radius 3 is 2.62 bits per heavy atom. The molecule has 13 heavy (non-hydrogen) atoms. The van der Waals surface area contributed by atoms with Crippen LogP contribution >= 0.6 is 0 Å². The van der Waals surface area contributed by atoms with E-state index in [0.29, 0.717) is 11.5 Å². The fourth-order valence-electron chi connectivity index (χ4n) is 1.28. The van der Waals surface area contributed by atoms with Crippen LogP contribution in [0.5, 0.6) is 0 Å². The van der Waals surface area contributed by atoms with Gasteiger partial charge in [-0.15, -0.1) is 0 Å². The number of carbonyl (C=O) groups excluding carboxylic acids is 1. The fraction of sp³-hybridized carbons (Fsp3) is 0.417. The lowest BCUT2D eigenvalue weighted by Crippen LogP contribution is -1.96. The minimum Gasteiger partial charge on any atom is -0.285 e. The second kappa shape index (κ2) is 4.80. The van der Waals surface area contributed by atoms with Gasteiger partial charge in [0.2, 0.25) is 6.29 Å². The zero-order chi connectivity index (χ0) is 9.68. The van der Waals surface area contributed by atoms with Crippen molar-refractivity contribution in [2.24, 2.45) is 5.92 Å². The molecule has 0 heterocycles. The van der Waals surface area contributed by atoms with Crippen molar-refractivity contribution in [2.75, 3.05) is 0 Å². The molecule has 0 fully saturated rings. The van der Waals surface area contributed by atoms with Crippen LogP contribution in [0, 0.1) is 5.92 Å². The Balaban J connectivity index is 2.69. The third-order valence-electron chi connectivity index (χ3n) is 2.12. The van der Waals surface area contributed by atoms with Gasteiger partial charge in [-0.2, -0.15) is 0 Å². The average Bonchev–Trinajstić information content (AvgIpc) is 2.15. The Labute approximate surface area is 79.8 Å². The second-order valence-electron chi connectivity index (χ2n) is 3.69. The Kier molecular flexibility index (Phi) is 3.69. The Bertz CT molecular complexity index is 276. The summed E-state index contributed by atoms with van der Waals surface area (Å²) in [5.41, 5.74) is 1.83. The van der Waals surface area contributed by atoms with Gasteiger partial charge in [0.25, 0.3) is 0 Å². The number of rotatable bonds is 4. The summed E-state index contributed by atoms with van der Waals surface area (Å²) >= 11 is 0. The highest BCUT2D eigenvalue weighted by molar-refractivity contribution is 5.77. The third kappa shape index (κ3) is 3.02. The maximum atomic E-state index is 10.5. The van der Waals surface area contributed by atoms with Crippen molar-refractivity contribution in [3.8, 4) is 0 Å². The van der Waals surface area contributed by atoms with Crippen LogP contribution in [0.1, 0.15) is 31.4 Å². The van der Waals surface area contributed by atoms with Crippen molar-refractivity contribution >= 4 is 6.29 Å². The van der Waals surface area contributed by atoms with Crippen molar-refractivity contribution in [1.82, 2.24) is 0 Å². The molecular weight excluding hydrogens is 160 g/mol. The van der Waals surface area contributed by atoms with Gasteiger partial charge in [-0.25, -0.2) is 0 Å². The van der Waals surface area contributed by atoms with E-state index in [2.05, 4.69) is 13.8 Å². The van der Waals surface area contributed by atoms with Crippen molar-refractivity contribution in [3.05, 3.63) is 35.4 Å². The van der Waals surface area contributed by atoms with Crippen LogP contribution in [0.2, 0.25) is 0 Å². The van der Waals surface area contributed by atoms with E-state index in [1.54, 1.807) is 0 Å². The minimum atomic E-state index is 0.680. The second-order valence-corrected chi connectivity index (χ2v) is 3.69. The van der Waals surface area contributed by atoms with E-state index >= 15 is 0 Å². The maximum absolute atomic E-state index is 10.5. The molecule has 1 aromatic carbocycles. The molecule has 0 N–H and O–H groups in total. The molecule has 0 spiro atoms. The van der Waals surface area contributed by atoms with E-state index in [-0.39, 0.29) is 0 Å². The molecule has 1 radical (unpaired) electrons. The largest absolute Gasteiger partial charge is 0.285 e. The maximum Gasteiger partial charge on any atom is 0.233 e. The first kappa shape index (κ1) is 9.97. The van der Waals surface area contributed by atoms with Gasteiger partial charge in [-0.1, -0.05) is 38.1 Å². The number of hydrogen-bond acceptors (Lipinski definition) is 1. The summed E-state index contributed by atoms with van der Waals surface area (Å²) in [6.07, 6.45) is 4.07. The van der Waals surface area contributed by atoms with Gasteiger partial charge in [0, 0.05) is 5.56 Å². The molecule has 0 aliphatic heterocycles. The van der Waals surface area contributed by atoms with E-state index in [1.165, 1.54) is 0 Å². The van der Waals surface area contributed by atoms with Crippen molar-refractivity contribution in [1.29, 1.82) is 0 Å². The Morgan fingerprint density at radius 1 is 1.31 bits per heavy atom. The first-order valence-electron chi connectivity index (χ1n) is 4.70. The van der Waals surface area contributed by atoms with Crippen LogP contribution in [-0.2, 0) is 11.2 Å². The van der Waals surface area contributed by atoms with Gasteiger partial charge in [0.15, 0.2) is 0 Å². The highest BCUT2D eigenvalue weighted by Gasteiger charge is 2.01. The number of hydrogen-bond donors (Lipinski definition) is 0. The summed E-state index contributed by atoms with van der Waals surface area (Å²) in [6.45, 7) is 4.38. The summed E-state index contributed by atoms with van der Waals surface area (Å²) in [5.74, 6) is 0.680. The topological polar surface area (TPSA) is 17.1 Å². The van der Waals surface area contributed by atoms with Crippen LogP contribution in [0.4, 0.5) is 0 Å². The highest BCUT2D eigenvalue weighted by Crippen LogP contribution is 2.12. The molecule has 1 heteroatoms. The number of benzene rings is 1. The molecular formula is C12H15O. The first-order chi connectivity index (χ1) is 6.24. The summed E-state index contributed by atoms with van der Waals surface area (Å²) < 4.78 is 0. The van der Waals surface area contributed by atoms with Crippen molar-refractivity contribution in [3.63, 3.8) is 0 Å². The lowest BCUT2D eigenvalue weighted by molar-refractivity contribution is 0.560. The molecule has 0 unspecified atom stereocenters. The normalized spacial score (nSPS) is 10.4. The lowest BCUT2D eigenvalue weighted by Gasteiger charge is -2.05. The molecule has 69 valence electrons. The van der Waals surface area contributed by atoms with Gasteiger partial charge < -0.3 is 0 Å². The fourth-order valence-corrected chi connectivity index (χ4v) is 1.28. The third-order valence-corrected chi connectivity index (χ3v) is 2.12. The van der Waals surface area contributed by atoms with Crippen LogP contribution in [0.25, 0.3) is 0 Å². The molecule has 0 saturated carbocycles. The van der Waals surface area contributed by atoms with E-state index in [1.807, 2.05) is 30.6 Å². The molecule has 1 aromatic rings. The van der Waals surface area contributed by atoms with Crippen LogP contribution in [0.3, 0.4) is 0 Å². The average molecular weight is 175 g/mol. The quantitative estimate of drug-likeness (QED) is 0.687. The molecule has 0 aliphatic carbocycles. The lowest BCUT2D eigenvalue weighted by atomic mass is 9.99. The molecule has 0 saturated heterocycles. The monoisotopic (exact) mass is 175 g/mol. The molecule has 0 aromatic heterocycles. The summed E-state index contributed by atoms with van der Waals surface area (Å²) in [7, 11) is 0. The predicted molar refractivity (Wildman–Crippen MR) is 54.4 cm³/mol. The van der Waals surface area contributed by atoms with E-state index < -0.39 is 0 Å². The molecule has 0 aliphatic rings. The molecule has 0 atom stereocenters. The van der Waals surface area contributed by atoms with E-state index in [4.69, 9.17) is 0 Å². The van der Waals surface area contributed by atoms with E-state index in [0.717, 1.165) is 18.4 Å². The Morgan fingerprint density at radius 2 is 2.00 bits per heavy atom. The van der Waals surface area contributed by atoms with E-state index in [9.17, 15) is 4.79 Å². The zero-order valence-electron chi connectivity index (χ0n) is 8.21. The first-order valence-corrected chi connectivity index (χ1v) is 4.70. The summed E-state index contributed by atoms with van der Waals surface area (Å²) in [4.78, 5) is 10.5. The summed E-state index contributed by atoms with van der Waals surface area (Å²) in [6, 6.07) is 7.67. The van der Waals surface area contributed by atoms with Gasteiger partial charge in [0.1, 0.15) is 0 Å². The number of aryl methyl sites for hydroxylation is 1. The van der Waals surface area contributed by atoms with Gasteiger partial charge in [0.05, 0.1) is 0 Å². The van der Waals surface area contributed by atoms with Gasteiger partial charge >= 0.3 is 0 Å². The van der Waals surface area contributed by atoms with Crippen molar-refractivity contribution in [2.45, 2.75) is 26.7 Å². The smallest absolute Gasteiger partial charge is 0.233 e. The molecule has 1 rings (SSSR count). The molecule has 1 nitrogen and oxygen atoms in total. The van der Waals surface area contributed by atoms with Gasteiger partial charge in [-0.3, -0.25) is 4.79 Å². The van der Waals surface area contributed by atoms with Crippen LogP contribution in [0.15, 0.2) is 24.3 Å². The standard InChI is InChI=1S/C12H15O/c1-10(2)7-8-11-5-3-4-6-12(11)9-13/h3-6,10H,7-8H2,1-2H3. The predicted octanol–water partition coefficient (Wildman–Crippen LogP) is 2.73. The zero-order valence-corrected chi connectivity index (χ0v) is 8.21. The Hall–Kier alpha value is -1.11. The van der Waals surface area contributed by atoms with Gasteiger partial charge in [-0.05, 0) is 24.3 Å². The van der Waals surface area contributed by atoms with Crippen LogP contribution in [-0.4, -0.2) is 6.29 Å². The van der Waals surface area contributed by atoms with Crippen LogP contribution < -0.4 is 0 Å². The SMILES string of the molecule is CC(C)CCc1ccccc1[C]=O. The van der Waals surface area contributed by atoms with Crippen molar-refractivity contribution < 1.29 is 4.79 Å². The minimum absolute atomic E-state index is 0.680. The molecule has 0 amide bonds. The molecule has 0 bridgehead atoms.